The van der Waals surface area contributed by atoms with Crippen LogP contribution in [-0.2, 0) is 4.79 Å². The molecule has 0 aliphatic heterocycles. The van der Waals surface area contributed by atoms with Gasteiger partial charge in [0.05, 0.1) is 12.8 Å². The summed E-state index contributed by atoms with van der Waals surface area (Å²) in [6.07, 6.45) is 0. The van der Waals surface area contributed by atoms with E-state index in [2.05, 4.69) is 5.32 Å². The molecule has 0 saturated heterocycles. The molecule has 0 aliphatic rings. The average molecular weight is 335 g/mol. The Labute approximate surface area is 140 Å². The maximum Gasteiger partial charge on any atom is 0.262 e. The molecule has 2 aromatic rings. The molecule has 0 heterocycles. The van der Waals surface area contributed by atoms with Crippen LogP contribution >= 0.6 is 11.6 Å². The monoisotopic (exact) mass is 334 g/mol. The standard InChI is InChI=1S/C17H19ClN2O3/c1-10-6-13(7-11(2)17(10)18)23-9-16(21)20-14-5-4-12(19)8-15(14)22-3/h4-8H,9,19H2,1-3H3,(H,20,21). The van der Waals surface area contributed by atoms with Gasteiger partial charge in [-0.1, -0.05) is 11.6 Å². The van der Waals surface area contributed by atoms with Gasteiger partial charge in [-0.25, -0.2) is 0 Å². The van der Waals surface area contributed by atoms with E-state index in [1.54, 1.807) is 30.3 Å². The van der Waals surface area contributed by atoms with Crippen LogP contribution in [0.1, 0.15) is 11.1 Å². The third-order valence-electron chi connectivity index (χ3n) is 3.28. The van der Waals surface area contributed by atoms with Gasteiger partial charge < -0.3 is 20.5 Å². The predicted molar refractivity (Wildman–Crippen MR) is 92.5 cm³/mol. The summed E-state index contributed by atoms with van der Waals surface area (Å²) in [5.74, 6) is 0.804. The molecule has 0 radical (unpaired) electrons. The molecule has 0 atom stereocenters. The lowest BCUT2D eigenvalue weighted by atomic mass is 10.1. The van der Waals surface area contributed by atoms with Crippen molar-refractivity contribution in [3.63, 3.8) is 0 Å². The van der Waals surface area contributed by atoms with Gasteiger partial charge >= 0.3 is 0 Å². The Morgan fingerprint density at radius 3 is 2.48 bits per heavy atom. The van der Waals surface area contributed by atoms with Crippen molar-refractivity contribution in [2.45, 2.75) is 13.8 Å². The van der Waals surface area contributed by atoms with Crippen LogP contribution in [0.3, 0.4) is 0 Å². The van der Waals surface area contributed by atoms with Gasteiger partial charge in [-0.3, -0.25) is 4.79 Å². The Morgan fingerprint density at radius 2 is 1.87 bits per heavy atom. The normalized spacial score (nSPS) is 10.3. The lowest BCUT2D eigenvalue weighted by Gasteiger charge is -2.12. The Morgan fingerprint density at radius 1 is 1.22 bits per heavy atom. The zero-order valence-corrected chi connectivity index (χ0v) is 14.0. The third-order valence-corrected chi connectivity index (χ3v) is 3.88. The first-order valence-corrected chi connectivity index (χ1v) is 7.41. The molecule has 23 heavy (non-hydrogen) atoms. The third kappa shape index (κ3) is 4.29. The van der Waals surface area contributed by atoms with Crippen LogP contribution in [0, 0.1) is 13.8 Å². The van der Waals surface area contributed by atoms with Gasteiger partial charge in [0, 0.05) is 16.8 Å². The Balaban J connectivity index is 2.01. The highest BCUT2D eigenvalue weighted by atomic mass is 35.5. The van der Waals surface area contributed by atoms with Crippen molar-refractivity contribution in [1.82, 2.24) is 0 Å². The zero-order chi connectivity index (χ0) is 17.0. The van der Waals surface area contributed by atoms with Crippen LogP contribution in [0.4, 0.5) is 11.4 Å². The minimum absolute atomic E-state index is 0.117. The van der Waals surface area contributed by atoms with Gasteiger partial charge in [-0.2, -0.15) is 0 Å². The van der Waals surface area contributed by atoms with E-state index in [1.165, 1.54) is 7.11 Å². The molecule has 122 valence electrons. The number of hydrogen-bond acceptors (Lipinski definition) is 4. The lowest BCUT2D eigenvalue weighted by molar-refractivity contribution is -0.118. The van der Waals surface area contributed by atoms with Crippen molar-refractivity contribution in [2.24, 2.45) is 0 Å². The second-order valence-electron chi connectivity index (χ2n) is 5.17. The summed E-state index contributed by atoms with van der Waals surface area (Å²) in [5, 5.41) is 3.43. The molecule has 3 N–H and O–H groups in total. The molecule has 1 amide bonds. The summed E-state index contributed by atoms with van der Waals surface area (Å²) in [6.45, 7) is 3.66. The minimum atomic E-state index is -0.293. The van der Waals surface area contributed by atoms with E-state index in [9.17, 15) is 4.79 Å². The first-order chi connectivity index (χ1) is 10.9. The summed E-state index contributed by atoms with van der Waals surface area (Å²) in [4.78, 5) is 12.0. The average Bonchev–Trinajstić information content (AvgIpc) is 2.52. The topological polar surface area (TPSA) is 73.6 Å². The summed E-state index contributed by atoms with van der Waals surface area (Å²) in [5.41, 5.74) is 8.59. The highest BCUT2D eigenvalue weighted by molar-refractivity contribution is 6.32. The lowest BCUT2D eigenvalue weighted by Crippen LogP contribution is -2.20. The zero-order valence-electron chi connectivity index (χ0n) is 13.3. The summed E-state index contributed by atoms with van der Waals surface area (Å²) < 4.78 is 10.7. The van der Waals surface area contributed by atoms with Crippen LogP contribution in [0.5, 0.6) is 11.5 Å². The Bertz CT molecular complexity index is 709. The van der Waals surface area contributed by atoms with Crippen LogP contribution in [-0.4, -0.2) is 19.6 Å². The van der Waals surface area contributed by atoms with Gasteiger partial charge in [0.15, 0.2) is 6.61 Å². The molecule has 0 aromatic heterocycles. The molecule has 0 fully saturated rings. The maximum absolute atomic E-state index is 12.0. The number of ether oxygens (including phenoxy) is 2. The summed E-state index contributed by atoms with van der Waals surface area (Å²) in [6, 6.07) is 8.61. The van der Waals surface area contributed by atoms with E-state index < -0.39 is 0 Å². The van der Waals surface area contributed by atoms with E-state index in [0.29, 0.717) is 27.9 Å². The highest BCUT2D eigenvalue weighted by Crippen LogP contribution is 2.27. The number of methoxy groups -OCH3 is 1. The SMILES string of the molecule is COc1cc(N)ccc1NC(=O)COc1cc(C)c(Cl)c(C)c1. The quantitative estimate of drug-likeness (QED) is 0.820. The van der Waals surface area contributed by atoms with Crippen molar-refractivity contribution >= 4 is 28.9 Å². The number of rotatable bonds is 5. The fourth-order valence-corrected chi connectivity index (χ4v) is 2.24. The predicted octanol–water partition coefficient (Wildman–Crippen LogP) is 3.57. The number of nitrogen functional groups attached to an aromatic ring is 1. The van der Waals surface area contributed by atoms with E-state index in [-0.39, 0.29) is 12.5 Å². The maximum atomic E-state index is 12.0. The molecule has 6 heteroatoms. The molecule has 5 nitrogen and oxygen atoms in total. The molecule has 0 spiro atoms. The van der Waals surface area contributed by atoms with Gasteiger partial charge in [0.2, 0.25) is 0 Å². The van der Waals surface area contributed by atoms with E-state index in [0.717, 1.165) is 11.1 Å². The molecule has 0 saturated carbocycles. The molecule has 0 aliphatic carbocycles. The first-order valence-electron chi connectivity index (χ1n) is 7.03. The van der Waals surface area contributed by atoms with Crippen molar-refractivity contribution in [2.75, 3.05) is 24.8 Å². The second kappa shape index (κ2) is 7.24. The number of benzene rings is 2. The van der Waals surface area contributed by atoms with Gasteiger partial charge in [0.1, 0.15) is 11.5 Å². The number of halogens is 1. The van der Waals surface area contributed by atoms with Crippen LogP contribution in [0.25, 0.3) is 0 Å². The molecular weight excluding hydrogens is 316 g/mol. The van der Waals surface area contributed by atoms with Gasteiger partial charge in [-0.05, 0) is 49.2 Å². The van der Waals surface area contributed by atoms with Crippen LogP contribution < -0.4 is 20.5 Å². The molecular formula is C17H19ClN2O3. The number of aryl methyl sites for hydroxylation is 2. The molecule has 2 aromatic carbocycles. The molecule has 0 bridgehead atoms. The van der Waals surface area contributed by atoms with Crippen molar-refractivity contribution < 1.29 is 14.3 Å². The fraction of sp³-hybridized carbons (Fsp3) is 0.235. The van der Waals surface area contributed by atoms with E-state index in [1.807, 2.05) is 13.8 Å². The number of carbonyl (C=O) groups is 1. The highest BCUT2D eigenvalue weighted by Gasteiger charge is 2.10. The number of hydrogen-bond donors (Lipinski definition) is 2. The van der Waals surface area contributed by atoms with Crippen LogP contribution in [0.2, 0.25) is 5.02 Å². The van der Waals surface area contributed by atoms with Crippen molar-refractivity contribution in [3.05, 3.63) is 46.5 Å². The minimum Gasteiger partial charge on any atom is -0.494 e. The summed E-state index contributed by atoms with van der Waals surface area (Å²) in [7, 11) is 1.51. The number of nitrogens with one attached hydrogen (secondary N) is 1. The fourth-order valence-electron chi connectivity index (χ4n) is 2.14. The van der Waals surface area contributed by atoms with Crippen molar-refractivity contribution in [1.29, 1.82) is 0 Å². The van der Waals surface area contributed by atoms with Crippen molar-refractivity contribution in [3.8, 4) is 11.5 Å². The Hall–Kier alpha value is -2.40. The summed E-state index contributed by atoms with van der Waals surface area (Å²) >= 11 is 6.11. The smallest absolute Gasteiger partial charge is 0.262 e. The first kappa shape index (κ1) is 17.0. The van der Waals surface area contributed by atoms with E-state index >= 15 is 0 Å². The largest absolute Gasteiger partial charge is 0.494 e. The Kier molecular flexibility index (Phi) is 5.34. The van der Waals surface area contributed by atoms with Crippen LogP contribution in [0.15, 0.2) is 30.3 Å². The van der Waals surface area contributed by atoms with Gasteiger partial charge in [0.25, 0.3) is 5.91 Å². The second-order valence-corrected chi connectivity index (χ2v) is 5.55. The number of carbonyl (C=O) groups excluding carboxylic acids is 1. The van der Waals surface area contributed by atoms with E-state index in [4.69, 9.17) is 26.8 Å². The number of nitrogens with two attached hydrogens (primary N) is 1. The number of anilines is 2. The molecule has 2 rings (SSSR count). The molecule has 0 unspecified atom stereocenters. The van der Waals surface area contributed by atoms with Gasteiger partial charge in [-0.15, -0.1) is 0 Å². The number of amides is 1.